The lowest BCUT2D eigenvalue weighted by Crippen LogP contribution is -2.74. The van der Waals surface area contributed by atoms with E-state index in [-0.39, 0.29) is 41.7 Å². The first-order chi connectivity index (χ1) is 28.1. The Hall–Kier alpha value is -5.45. The number of anilines is 2. The van der Waals surface area contributed by atoms with Gasteiger partial charge in [-0.05, 0) is 73.9 Å². The molecule has 0 aromatic heterocycles. The minimum atomic E-state index is -0.973. The van der Waals surface area contributed by atoms with Crippen LogP contribution in [0.4, 0.5) is 11.4 Å². The van der Waals surface area contributed by atoms with Gasteiger partial charge in [-0.15, -0.1) is 0 Å². The molecule has 9 rings (SSSR count). The minimum Gasteiger partial charge on any atom is -0.489 e. The van der Waals surface area contributed by atoms with Gasteiger partial charge in [0.1, 0.15) is 24.0 Å². The van der Waals surface area contributed by atoms with Gasteiger partial charge in [-0.2, -0.15) is 5.26 Å². The number of hydrogen-bond donors (Lipinski definition) is 2. The van der Waals surface area contributed by atoms with Crippen LogP contribution in [-0.2, 0) is 9.59 Å². The summed E-state index contributed by atoms with van der Waals surface area (Å²) in [7, 11) is 0. The van der Waals surface area contributed by atoms with Gasteiger partial charge in [-0.1, -0.05) is 39.3 Å². The first-order valence-electron chi connectivity index (χ1n) is 20.5. The summed E-state index contributed by atoms with van der Waals surface area (Å²) in [5.74, 6) is -1.48. The van der Waals surface area contributed by atoms with Crippen molar-refractivity contribution in [2.75, 3.05) is 49.1 Å². The largest absolute Gasteiger partial charge is 0.489 e. The van der Waals surface area contributed by atoms with Gasteiger partial charge in [0.25, 0.3) is 17.7 Å². The Kier molecular flexibility index (Phi) is 9.32. The Morgan fingerprint density at radius 3 is 2.15 bits per heavy atom. The van der Waals surface area contributed by atoms with E-state index in [1.165, 1.54) is 0 Å². The van der Waals surface area contributed by atoms with Crippen molar-refractivity contribution < 1.29 is 28.7 Å². The number of imide groups is 2. The number of nitriles is 1. The number of piperazine rings is 1. The first-order valence-corrected chi connectivity index (χ1v) is 20.8. The molecule has 1 unspecified atom stereocenters. The van der Waals surface area contributed by atoms with E-state index in [1.807, 2.05) is 30.3 Å². The molecular weight excluding hydrogens is 770 g/mol. The first kappa shape index (κ1) is 39.0. The fourth-order valence-electron chi connectivity index (χ4n) is 11.0. The molecule has 0 bridgehead atoms. The third-order valence-electron chi connectivity index (χ3n) is 13.9. The number of nitrogens with one attached hydrogen (secondary N) is 2. The van der Waals surface area contributed by atoms with E-state index in [0.717, 1.165) is 68.4 Å². The average molecular weight is 818 g/mol. The zero-order valence-corrected chi connectivity index (χ0v) is 34.5. The molecule has 14 heteroatoms. The molecule has 2 N–H and O–H groups in total. The average Bonchev–Trinajstić information content (AvgIpc) is 3.43. The summed E-state index contributed by atoms with van der Waals surface area (Å²) in [6.07, 6.45) is 2.36. The Labute approximate surface area is 348 Å². The number of hydrogen-bond acceptors (Lipinski definition) is 10. The standard InChI is InChI=1S/C45H48ClN7O6/c1-43(2)41(44(3,4)42(43)59-31-11-7-27(23-47)34(46)20-31)49-37(55)26-5-8-28(9-6-26)52-24-45(25-52)21-30(22-45)51-17-15-50(16-18-51)29-10-12-32-33(19-29)40(58)53(39(32)57)35-13-14-36(54)48-38(35)56/h5-12,19-20,30,35,41-42H,13-18,21-22,24-25H2,1-4H3,(H,49,55)(H,48,54,56)/t35?,41-,42-. The smallest absolute Gasteiger partial charge is 0.262 e. The van der Waals surface area contributed by atoms with E-state index in [2.05, 4.69) is 59.1 Å². The highest BCUT2D eigenvalue weighted by Crippen LogP contribution is 2.56. The predicted octanol–water partition coefficient (Wildman–Crippen LogP) is 5.02. The molecule has 306 valence electrons. The number of piperidine rings is 1. The van der Waals surface area contributed by atoms with E-state index < -0.39 is 29.7 Å². The monoisotopic (exact) mass is 817 g/mol. The van der Waals surface area contributed by atoms with Gasteiger partial charge in [0.15, 0.2) is 0 Å². The van der Waals surface area contributed by atoms with Crippen LogP contribution in [-0.4, -0.2) is 103 Å². The Bertz CT molecular complexity index is 2300. The highest BCUT2D eigenvalue weighted by atomic mass is 35.5. The van der Waals surface area contributed by atoms with E-state index in [1.54, 1.807) is 30.3 Å². The van der Waals surface area contributed by atoms with E-state index >= 15 is 0 Å². The number of carbonyl (C=O) groups is 5. The lowest BCUT2D eigenvalue weighted by atomic mass is 9.49. The summed E-state index contributed by atoms with van der Waals surface area (Å²) in [5.41, 5.74) is 3.26. The van der Waals surface area contributed by atoms with Gasteiger partial charge in [-0.25, -0.2) is 0 Å². The quantitative estimate of drug-likeness (QED) is 0.297. The molecule has 3 aromatic rings. The Morgan fingerprint density at radius 1 is 0.847 bits per heavy atom. The van der Waals surface area contributed by atoms with Crippen molar-refractivity contribution in [3.05, 3.63) is 87.9 Å². The number of benzene rings is 3. The Morgan fingerprint density at radius 2 is 1.51 bits per heavy atom. The number of ether oxygens (including phenoxy) is 1. The molecule has 0 radical (unpaired) electrons. The van der Waals surface area contributed by atoms with Crippen molar-refractivity contribution in [3.8, 4) is 11.8 Å². The molecular formula is C45H48ClN7O6. The summed E-state index contributed by atoms with van der Waals surface area (Å²) in [5, 5.41) is 15.1. The van der Waals surface area contributed by atoms with Gasteiger partial charge < -0.3 is 19.9 Å². The summed E-state index contributed by atoms with van der Waals surface area (Å²) in [6, 6.07) is 19.9. The van der Waals surface area contributed by atoms with Gasteiger partial charge in [0.05, 0.1) is 21.7 Å². The number of carbonyl (C=O) groups excluding carboxylic acids is 5. The van der Waals surface area contributed by atoms with Crippen molar-refractivity contribution in [2.45, 2.75) is 77.6 Å². The van der Waals surface area contributed by atoms with E-state index in [0.29, 0.717) is 44.5 Å². The maximum Gasteiger partial charge on any atom is 0.262 e. The topological polar surface area (TPSA) is 155 Å². The molecule has 2 saturated carbocycles. The zero-order chi connectivity index (χ0) is 41.6. The van der Waals surface area contributed by atoms with Crippen LogP contribution < -0.4 is 25.2 Å². The molecule has 3 aromatic carbocycles. The molecule has 13 nitrogen and oxygen atoms in total. The van der Waals surface area contributed by atoms with Gasteiger partial charge >= 0.3 is 0 Å². The van der Waals surface area contributed by atoms with Crippen LogP contribution >= 0.6 is 11.6 Å². The molecule has 1 spiro atoms. The molecule has 4 heterocycles. The maximum absolute atomic E-state index is 13.5. The fourth-order valence-corrected chi connectivity index (χ4v) is 11.2. The van der Waals surface area contributed by atoms with Crippen LogP contribution in [0.25, 0.3) is 0 Å². The van der Waals surface area contributed by atoms with Crippen LogP contribution in [0, 0.1) is 27.6 Å². The molecule has 6 aliphatic rings. The molecule has 4 aliphatic heterocycles. The maximum atomic E-state index is 13.5. The second kappa shape index (κ2) is 14.1. The molecule has 5 fully saturated rings. The second-order valence-corrected chi connectivity index (χ2v) is 18.9. The highest BCUT2D eigenvalue weighted by molar-refractivity contribution is 6.31. The molecule has 3 saturated heterocycles. The molecule has 2 aliphatic carbocycles. The molecule has 1 atom stereocenters. The third kappa shape index (κ3) is 6.52. The van der Waals surface area contributed by atoms with Crippen molar-refractivity contribution in [2.24, 2.45) is 16.2 Å². The summed E-state index contributed by atoms with van der Waals surface area (Å²) >= 11 is 6.25. The van der Waals surface area contributed by atoms with Crippen LogP contribution in [0.3, 0.4) is 0 Å². The number of amides is 5. The normalized spacial score (nSPS) is 25.7. The second-order valence-electron chi connectivity index (χ2n) is 18.5. The number of nitrogens with zero attached hydrogens (tertiary/aromatic N) is 5. The van der Waals surface area contributed by atoms with Crippen LogP contribution in [0.15, 0.2) is 60.7 Å². The molecule has 59 heavy (non-hydrogen) atoms. The Balaban J connectivity index is 0.735. The number of fused-ring (bicyclic) bond motifs is 1. The number of halogens is 1. The third-order valence-corrected chi connectivity index (χ3v) is 14.2. The minimum absolute atomic E-state index is 0.0914. The van der Waals surface area contributed by atoms with Crippen molar-refractivity contribution >= 4 is 52.5 Å². The van der Waals surface area contributed by atoms with Gasteiger partial charge in [-0.3, -0.25) is 39.1 Å². The highest BCUT2D eigenvalue weighted by Gasteiger charge is 2.64. The van der Waals surface area contributed by atoms with Crippen molar-refractivity contribution in [3.63, 3.8) is 0 Å². The SMILES string of the molecule is CC1(C)[C@H](NC(=O)c2ccc(N3CC4(CC(N5CCN(c6ccc7c(c6)C(=O)N(C6CCC(=O)NC6=O)C7=O)CC5)C4)C3)cc2)C(C)(C)[C@H]1Oc1ccc(C#N)c(Cl)c1. The van der Waals surface area contributed by atoms with E-state index in [9.17, 15) is 29.2 Å². The zero-order valence-electron chi connectivity index (χ0n) is 33.7. The summed E-state index contributed by atoms with van der Waals surface area (Å²) in [4.78, 5) is 72.3. The fraction of sp³-hybridized carbons (Fsp3) is 0.467. The number of rotatable bonds is 8. The van der Waals surface area contributed by atoms with Crippen molar-refractivity contribution in [1.29, 1.82) is 5.26 Å². The van der Waals surface area contributed by atoms with Crippen LogP contribution in [0.2, 0.25) is 5.02 Å². The van der Waals surface area contributed by atoms with Gasteiger partial charge in [0, 0.05) is 97.0 Å². The predicted molar refractivity (Wildman–Crippen MR) is 220 cm³/mol. The molecule has 5 amide bonds. The van der Waals surface area contributed by atoms with Gasteiger partial charge in [0.2, 0.25) is 11.8 Å². The lowest BCUT2D eigenvalue weighted by Gasteiger charge is -2.63. The van der Waals surface area contributed by atoms with E-state index in [4.69, 9.17) is 16.3 Å². The van der Waals surface area contributed by atoms with Crippen LogP contribution in [0.1, 0.15) is 90.0 Å². The lowest BCUT2D eigenvalue weighted by molar-refractivity contribution is -0.164. The van der Waals surface area contributed by atoms with Crippen LogP contribution in [0.5, 0.6) is 5.75 Å². The summed E-state index contributed by atoms with van der Waals surface area (Å²) < 4.78 is 6.38. The van der Waals surface area contributed by atoms with Crippen molar-refractivity contribution in [1.82, 2.24) is 20.4 Å². The summed E-state index contributed by atoms with van der Waals surface area (Å²) in [6.45, 7) is 13.8.